The highest BCUT2D eigenvalue weighted by atomic mass is 32.2. The summed E-state index contributed by atoms with van der Waals surface area (Å²) in [6, 6.07) is 7.03. The van der Waals surface area contributed by atoms with Crippen molar-refractivity contribution >= 4 is 16.0 Å². The van der Waals surface area contributed by atoms with Crippen molar-refractivity contribution in [3.05, 3.63) is 41.6 Å². The molecule has 1 aliphatic heterocycles. The van der Waals surface area contributed by atoms with Crippen LogP contribution in [0.3, 0.4) is 0 Å². The normalized spacial score (nSPS) is 16.2. The molecule has 0 radical (unpaired) electrons. The van der Waals surface area contributed by atoms with Gasteiger partial charge in [0.1, 0.15) is 0 Å². The van der Waals surface area contributed by atoms with Gasteiger partial charge in [-0.25, -0.2) is 13.4 Å². The van der Waals surface area contributed by atoms with Crippen LogP contribution < -0.4 is 9.64 Å². The van der Waals surface area contributed by atoms with Crippen molar-refractivity contribution in [2.75, 3.05) is 37.7 Å². The summed E-state index contributed by atoms with van der Waals surface area (Å²) in [6.45, 7) is 8.48. The first-order valence-electron chi connectivity index (χ1n) is 9.20. The first kappa shape index (κ1) is 19.6. The molecule has 146 valence electrons. The zero-order valence-electron chi connectivity index (χ0n) is 16.1. The molecule has 0 saturated carbocycles. The Morgan fingerprint density at radius 2 is 1.89 bits per heavy atom. The van der Waals surface area contributed by atoms with E-state index in [9.17, 15) is 8.42 Å². The molecule has 1 aromatic carbocycles. The van der Waals surface area contributed by atoms with E-state index < -0.39 is 10.0 Å². The summed E-state index contributed by atoms with van der Waals surface area (Å²) in [7, 11) is -3.51. The Kier molecular flexibility index (Phi) is 5.96. The van der Waals surface area contributed by atoms with Crippen molar-refractivity contribution in [3.8, 4) is 5.88 Å². The molecule has 0 aliphatic carbocycles. The molecule has 1 aromatic heterocycles. The lowest BCUT2D eigenvalue weighted by atomic mass is 10.1. The number of nitrogens with zero attached hydrogens (tertiary/aromatic N) is 4. The molecule has 0 spiro atoms. The maximum atomic E-state index is 13.0. The Hall–Kier alpha value is -2.19. The lowest BCUT2D eigenvalue weighted by Gasteiger charge is -2.22. The highest BCUT2D eigenvalue weighted by Gasteiger charge is 2.27. The second-order valence-electron chi connectivity index (χ2n) is 6.62. The highest BCUT2D eigenvalue weighted by molar-refractivity contribution is 7.89. The van der Waals surface area contributed by atoms with Crippen LogP contribution in [0.15, 0.2) is 35.4 Å². The molecule has 1 saturated heterocycles. The first-order valence-corrected chi connectivity index (χ1v) is 10.6. The molecule has 0 unspecified atom stereocenters. The van der Waals surface area contributed by atoms with Crippen molar-refractivity contribution < 1.29 is 13.2 Å². The van der Waals surface area contributed by atoms with Crippen molar-refractivity contribution in [1.82, 2.24) is 14.3 Å². The summed E-state index contributed by atoms with van der Waals surface area (Å²) in [5, 5.41) is 0. The fraction of sp³-hybridized carbons (Fsp3) is 0.474. The Labute approximate surface area is 161 Å². The second kappa shape index (κ2) is 8.22. The van der Waals surface area contributed by atoms with E-state index in [4.69, 9.17) is 4.74 Å². The van der Waals surface area contributed by atoms with Crippen molar-refractivity contribution in [2.24, 2.45) is 0 Å². The zero-order chi connectivity index (χ0) is 19.4. The number of sulfonamides is 1. The minimum absolute atomic E-state index is 0.355. The van der Waals surface area contributed by atoms with Gasteiger partial charge in [0.25, 0.3) is 0 Å². The topological polar surface area (TPSA) is 75.6 Å². The average Bonchev–Trinajstić information content (AvgIpc) is 2.91. The van der Waals surface area contributed by atoms with E-state index in [2.05, 4.69) is 9.97 Å². The largest absolute Gasteiger partial charge is 0.478 e. The van der Waals surface area contributed by atoms with Crippen LogP contribution in [0.5, 0.6) is 5.88 Å². The average molecular weight is 391 g/mol. The van der Waals surface area contributed by atoms with E-state index >= 15 is 0 Å². The molecule has 1 fully saturated rings. The molecular weight excluding hydrogens is 364 g/mol. The van der Waals surface area contributed by atoms with Crippen LogP contribution in [-0.2, 0) is 10.0 Å². The minimum Gasteiger partial charge on any atom is -0.478 e. The number of anilines is 1. The number of hydrogen-bond donors (Lipinski definition) is 0. The fourth-order valence-electron chi connectivity index (χ4n) is 3.07. The molecule has 2 aromatic rings. The van der Waals surface area contributed by atoms with E-state index in [1.54, 1.807) is 28.7 Å². The molecule has 0 bridgehead atoms. The van der Waals surface area contributed by atoms with Gasteiger partial charge < -0.3 is 9.64 Å². The smallest absolute Gasteiger partial charge is 0.243 e. The van der Waals surface area contributed by atoms with Crippen LogP contribution in [0, 0.1) is 13.8 Å². The van der Waals surface area contributed by atoms with Crippen LogP contribution in [0.2, 0.25) is 0 Å². The lowest BCUT2D eigenvalue weighted by Crippen LogP contribution is -2.35. The third-order valence-electron chi connectivity index (χ3n) is 4.76. The summed E-state index contributed by atoms with van der Waals surface area (Å²) in [6.07, 6.45) is 2.38. The van der Waals surface area contributed by atoms with Gasteiger partial charge >= 0.3 is 0 Å². The van der Waals surface area contributed by atoms with E-state index in [-0.39, 0.29) is 0 Å². The van der Waals surface area contributed by atoms with Crippen molar-refractivity contribution in [3.63, 3.8) is 0 Å². The van der Waals surface area contributed by atoms with E-state index in [0.29, 0.717) is 55.9 Å². The quantitative estimate of drug-likeness (QED) is 0.780. The van der Waals surface area contributed by atoms with Crippen LogP contribution in [0.25, 0.3) is 0 Å². The molecule has 27 heavy (non-hydrogen) atoms. The van der Waals surface area contributed by atoms with Crippen molar-refractivity contribution in [1.29, 1.82) is 0 Å². The summed E-state index contributed by atoms with van der Waals surface area (Å²) in [5.74, 6) is 1.11. The minimum atomic E-state index is -3.51. The number of hydrogen-bond acceptors (Lipinski definition) is 6. The number of aryl methyl sites for hydroxylation is 2. The molecule has 0 amide bonds. The van der Waals surface area contributed by atoms with Gasteiger partial charge in [-0.1, -0.05) is 6.07 Å². The van der Waals surface area contributed by atoms with E-state index in [0.717, 1.165) is 11.1 Å². The lowest BCUT2D eigenvalue weighted by molar-refractivity contribution is 0.326. The van der Waals surface area contributed by atoms with Gasteiger partial charge in [-0.2, -0.15) is 9.29 Å². The Balaban J connectivity index is 1.76. The van der Waals surface area contributed by atoms with Crippen LogP contribution in [0.1, 0.15) is 24.5 Å². The van der Waals surface area contributed by atoms with Gasteiger partial charge in [-0.05, 0) is 50.5 Å². The number of aromatic nitrogens is 2. The van der Waals surface area contributed by atoms with Gasteiger partial charge in [0.2, 0.25) is 21.9 Å². The first-order chi connectivity index (χ1) is 12.9. The molecule has 7 nitrogen and oxygen atoms in total. The van der Waals surface area contributed by atoms with Crippen LogP contribution in [-0.4, -0.2) is 55.5 Å². The molecule has 3 rings (SSSR count). The Bertz CT molecular complexity index is 902. The monoisotopic (exact) mass is 390 g/mol. The van der Waals surface area contributed by atoms with E-state index in [1.807, 2.05) is 31.7 Å². The highest BCUT2D eigenvalue weighted by Crippen LogP contribution is 2.22. The third kappa shape index (κ3) is 4.39. The van der Waals surface area contributed by atoms with Crippen LogP contribution >= 0.6 is 0 Å². The molecule has 0 N–H and O–H groups in total. The molecular formula is C19H26N4O3S. The number of rotatable bonds is 5. The van der Waals surface area contributed by atoms with Gasteiger partial charge in [-0.15, -0.1) is 0 Å². The fourth-order valence-corrected chi connectivity index (χ4v) is 4.63. The zero-order valence-corrected chi connectivity index (χ0v) is 16.9. The summed E-state index contributed by atoms with van der Waals surface area (Å²) >= 11 is 0. The van der Waals surface area contributed by atoms with Gasteiger partial charge in [0.05, 0.1) is 11.5 Å². The predicted octanol–water partition coefficient (Wildman–Crippen LogP) is 2.39. The third-order valence-corrected chi connectivity index (χ3v) is 6.66. The Morgan fingerprint density at radius 3 is 2.63 bits per heavy atom. The standard InChI is InChI=1S/C19H26N4O3S/c1-4-26-18-8-9-20-19(21-18)22-10-5-11-23(13-12-22)27(24,25)17-7-6-15(2)16(3)14-17/h6-9,14H,4-5,10-13H2,1-3H3. The predicted molar refractivity (Wildman–Crippen MR) is 105 cm³/mol. The molecule has 2 heterocycles. The maximum absolute atomic E-state index is 13.0. The number of benzene rings is 1. The molecule has 0 atom stereocenters. The SMILES string of the molecule is CCOc1ccnc(N2CCCN(S(=O)(=O)c3ccc(C)c(C)c3)CC2)n1. The van der Waals surface area contributed by atoms with Crippen molar-refractivity contribution in [2.45, 2.75) is 32.1 Å². The van der Waals surface area contributed by atoms with Gasteiger partial charge in [0.15, 0.2) is 0 Å². The molecule has 8 heteroatoms. The summed E-state index contributed by atoms with van der Waals surface area (Å²) < 4.78 is 33.1. The number of ether oxygens (including phenoxy) is 1. The Morgan fingerprint density at radius 1 is 1.07 bits per heavy atom. The summed E-state index contributed by atoms with van der Waals surface area (Å²) in [5.41, 5.74) is 2.07. The maximum Gasteiger partial charge on any atom is 0.243 e. The second-order valence-corrected chi connectivity index (χ2v) is 8.56. The van der Waals surface area contributed by atoms with Crippen LogP contribution in [0.4, 0.5) is 5.95 Å². The van der Waals surface area contributed by atoms with Gasteiger partial charge in [-0.3, -0.25) is 0 Å². The van der Waals surface area contributed by atoms with E-state index in [1.165, 1.54) is 0 Å². The summed E-state index contributed by atoms with van der Waals surface area (Å²) in [4.78, 5) is 11.1. The molecule has 1 aliphatic rings. The van der Waals surface area contributed by atoms with Gasteiger partial charge in [0, 0.05) is 38.4 Å².